The van der Waals surface area contributed by atoms with E-state index in [1.165, 1.54) is 6.33 Å². The number of hydrogen-bond acceptors (Lipinski definition) is 7. The van der Waals surface area contributed by atoms with Gasteiger partial charge in [-0.15, -0.1) is 0 Å². The van der Waals surface area contributed by atoms with Crippen LogP contribution >= 0.6 is 12.2 Å². The fourth-order valence-electron chi connectivity index (χ4n) is 3.10. The van der Waals surface area contributed by atoms with Crippen molar-refractivity contribution in [3.05, 3.63) is 17.3 Å². The van der Waals surface area contributed by atoms with Crippen molar-refractivity contribution in [1.29, 1.82) is 0 Å². The zero-order valence-corrected chi connectivity index (χ0v) is 12.9. The minimum atomic E-state index is -0.713. The summed E-state index contributed by atoms with van der Waals surface area (Å²) >= 11 is 5.17. The molecule has 0 radical (unpaired) electrons. The molecule has 9 heteroatoms. The zero-order chi connectivity index (χ0) is 15.5. The maximum absolute atomic E-state index is 9.54. The van der Waals surface area contributed by atoms with Crippen LogP contribution in [0.25, 0.3) is 11.2 Å². The first-order valence-electron chi connectivity index (χ1n) is 7.02. The standard InChI is InChI=1S/C13H16N4O4S/c1-13(2)20-8-6(3-18)19-12(9(8)21-13)17-5-16-7-10(17)14-4-15-11(7)22/h4-6,8-9,12,18H,3H2,1-2H3,(H,14,15,22)/t6-,8+,9+,12+/m0/s1. The number of aromatic nitrogens is 4. The Labute approximate surface area is 131 Å². The van der Waals surface area contributed by atoms with E-state index in [4.69, 9.17) is 26.4 Å². The van der Waals surface area contributed by atoms with Crippen molar-refractivity contribution in [3.8, 4) is 0 Å². The minimum Gasteiger partial charge on any atom is -0.394 e. The lowest BCUT2D eigenvalue weighted by molar-refractivity contribution is -0.199. The Balaban J connectivity index is 1.78. The van der Waals surface area contributed by atoms with Crippen molar-refractivity contribution in [2.45, 2.75) is 44.2 Å². The molecule has 118 valence electrons. The van der Waals surface area contributed by atoms with Gasteiger partial charge in [-0.1, -0.05) is 12.2 Å². The van der Waals surface area contributed by atoms with Crippen molar-refractivity contribution in [1.82, 2.24) is 19.5 Å². The summed E-state index contributed by atoms with van der Waals surface area (Å²) in [5.41, 5.74) is 1.30. The van der Waals surface area contributed by atoms with Gasteiger partial charge in [-0.2, -0.15) is 0 Å². The summed E-state index contributed by atoms with van der Waals surface area (Å²) in [4.78, 5) is 11.3. The van der Waals surface area contributed by atoms with Crippen LogP contribution in [0.1, 0.15) is 20.1 Å². The summed E-state index contributed by atoms with van der Waals surface area (Å²) in [5, 5.41) is 9.54. The number of nitrogens with one attached hydrogen (secondary N) is 1. The molecule has 0 saturated carbocycles. The molecule has 4 rings (SSSR count). The first-order valence-corrected chi connectivity index (χ1v) is 7.43. The van der Waals surface area contributed by atoms with Gasteiger partial charge in [0.1, 0.15) is 29.5 Å². The van der Waals surface area contributed by atoms with Crippen molar-refractivity contribution in [3.63, 3.8) is 0 Å². The van der Waals surface area contributed by atoms with E-state index < -0.39 is 18.1 Å². The number of nitrogens with zero attached hydrogens (tertiary/aromatic N) is 3. The smallest absolute Gasteiger partial charge is 0.166 e. The highest BCUT2D eigenvalue weighted by atomic mass is 32.1. The summed E-state index contributed by atoms with van der Waals surface area (Å²) in [5.74, 6) is -0.713. The highest BCUT2D eigenvalue weighted by molar-refractivity contribution is 7.71. The normalized spacial score (nSPS) is 33.4. The number of hydrogen-bond donors (Lipinski definition) is 2. The van der Waals surface area contributed by atoms with Gasteiger partial charge in [-0.25, -0.2) is 9.97 Å². The van der Waals surface area contributed by atoms with Gasteiger partial charge >= 0.3 is 0 Å². The Morgan fingerprint density at radius 2 is 2.14 bits per heavy atom. The number of aromatic amines is 1. The van der Waals surface area contributed by atoms with E-state index in [1.807, 2.05) is 18.4 Å². The lowest BCUT2D eigenvalue weighted by atomic mass is 10.1. The zero-order valence-electron chi connectivity index (χ0n) is 12.1. The minimum absolute atomic E-state index is 0.138. The molecule has 8 nitrogen and oxygen atoms in total. The molecule has 2 N–H and O–H groups in total. The van der Waals surface area contributed by atoms with Crippen LogP contribution in [0.2, 0.25) is 0 Å². The van der Waals surface area contributed by atoms with Crippen molar-refractivity contribution < 1.29 is 19.3 Å². The molecule has 2 aromatic heterocycles. The van der Waals surface area contributed by atoms with Gasteiger partial charge in [0.2, 0.25) is 0 Å². The monoisotopic (exact) mass is 324 g/mol. The predicted molar refractivity (Wildman–Crippen MR) is 77.5 cm³/mol. The molecule has 4 atom stereocenters. The van der Waals surface area contributed by atoms with Crippen molar-refractivity contribution in [2.75, 3.05) is 6.61 Å². The molecule has 0 amide bonds. The van der Waals surface area contributed by atoms with Crippen molar-refractivity contribution >= 4 is 23.4 Å². The second-order valence-corrected chi connectivity index (χ2v) is 6.26. The number of ether oxygens (including phenoxy) is 3. The van der Waals surface area contributed by atoms with Gasteiger partial charge in [0.25, 0.3) is 0 Å². The van der Waals surface area contributed by atoms with E-state index in [2.05, 4.69) is 15.0 Å². The second-order valence-electron chi connectivity index (χ2n) is 5.87. The molecule has 4 heterocycles. The molecular formula is C13H16N4O4S. The van der Waals surface area contributed by atoms with Gasteiger partial charge in [0, 0.05) is 0 Å². The number of H-pyrrole nitrogens is 1. The second kappa shape index (κ2) is 4.80. The molecule has 2 fully saturated rings. The lowest BCUT2D eigenvalue weighted by Crippen LogP contribution is -2.31. The highest BCUT2D eigenvalue weighted by Gasteiger charge is 2.55. The van der Waals surface area contributed by atoms with Crippen LogP contribution in [0.15, 0.2) is 12.7 Å². The SMILES string of the molecule is CC1(C)O[C@@H]2[C@H](O1)[C@H](CO)O[C@H]2n1cnc2c(=S)nc[nH]c21. The van der Waals surface area contributed by atoms with Crippen LogP contribution in [0.3, 0.4) is 0 Å². The van der Waals surface area contributed by atoms with E-state index in [9.17, 15) is 5.11 Å². The summed E-state index contributed by atoms with van der Waals surface area (Å²) in [6.07, 6.45) is 1.59. The first-order chi connectivity index (χ1) is 10.5. The maximum Gasteiger partial charge on any atom is 0.166 e. The third kappa shape index (κ3) is 2.01. The highest BCUT2D eigenvalue weighted by Crippen LogP contribution is 2.43. The lowest BCUT2D eigenvalue weighted by Gasteiger charge is -2.24. The molecule has 0 aliphatic carbocycles. The van der Waals surface area contributed by atoms with E-state index >= 15 is 0 Å². The molecule has 2 aliphatic rings. The molecule has 22 heavy (non-hydrogen) atoms. The Hall–Kier alpha value is -1.39. The number of imidazole rings is 1. The third-order valence-corrected chi connectivity index (χ3v) is 4.26. The summed E-state index contributed by atoms with van der Waals surface area (Å²) < 4.78 is 20.0. The molecular weight excluding hydrogens is 308 g/mol. The Bertz CT molecular complexity index is 773. The summed E-state index contributed by atoms with van der Waals surface area (Å²) in [7, 11) is 0. The third-order valence-electron chi connectivity index (χ3n) is 3.96. The molecule has 2 aliphatic heterocycles. The quantitative estimate of drug-likeness (QED) is 0.793. The summed E-state index contributed by atoms with van der Waals surface area (Å²) in [6, 6.07) is 0. The van der Waals surface area contributed by atoms with Crippen molar-refractivity contribution in [2.24, 2.45) is 0 Å². The van der Waals surface area contributed by atoms with E-state index in [1.54, 1.807) is 6.33 Å². The van der Waals surface area contributed by atoms with E-state index in [0.717, 1.165) is 0 Å². The van der Waals surface area contributed by atoms with Gasteiger partial charge in [-0.05, 0) is 13.8 Å². The van der Waals surface area contributed by atoms with Crippen LogP contribution < -0.4 is 0 Å². The molecule has 0 unspecified atom stereocenters. The molecule has 0 spiro atoms. The van der Waals surface area contributed by atoms with Gasteiger partial charge in [0.15, 0.2) is 16.7 Å². The molecule has 0 aromatic carbocycles. The van der Waals surface area contributed by atoms with Gasteiger partial charge in [0.05, 0.1) is 19.3 Å². The topological polar surface area (TPSA) is 94.4 Å². The average Bonchev–Trinajstić information content (AvgIpc) is 3.10. The Morgan fingerprint density at radius 1 is 1.36 bits per heavy atom. The van der Waals surface area contributed by atoms with Crippen LogP contribution in [0.4, 0.5) is 0 Å². The predicted octanol–water partition coefficient (Wildman–Crippen LogP) is 0.899. The number of fused-ring (bicyclic) bond motifs is 2. The molecule has 0 bridgehead atoms. The molecule has 2 saturated heterocycles. The van der Waals surface area contributed by atoms with Crippen LogP contribution in [-0.2, 0) is 14.2 Å². The van der Waals surface area contributed by atoms with Crippen LogP contribution in [0, 0.1) is 4.64 Å². The number of rotatable bonds is 2. The van der Waals surface area contributed by atoms with Crippen LogP contribution in [0.5, 0.6) is 0 Å². The van der Waals surface area contributed by atoms with Crippen LogP contribution in [-0.4, -0.2) is 55.3 Å². The van der Waals surface area contributed by atoms with E-state index in [0.29, 0.717) is 15.8 Å². The average molecular weight is 324 g/mol. The first kappa shape index (κ1) is 14.2. The number of aliphatic hydroxyl groups is 1. The molecule has 2 aromatic rings. The van der Waals surface area contributed by atoms with Gasteiger partial charge in [-0.3, -0.25) is 4.57 Å². The summed E-state index contributed by atoms with van der Waals surface area (Å²) in [6.45, 7) is 3.56. The van der Waals surface area contributed by atoms with Gasteiger partial charge < -0.3 is 24.3 Å². The fraction of sp³-hybridized carbons (Fsp3) is 0.615. The Kier molecular flexibility index (Phi) is 3.10. The number of aliphatic hydroxyl groups excluding tert-OH is 1. The van der Waals surface area contributed by atoms with E-state index in [-0.39, 0.29) is 18.8 Å². The Morgan fingerprint density at radius 3 is 2.91 bits per heavy atom. The fourth-order valence-corrected chi connectivity index (χ4v) is 3.30. The maximum atomic E-state index is 9.54. The largest absolute Gasteiger partial charge is 0.394 e.